The number of carbonyl (C=O) groups is 1. The highest BCUT2D eigenvalue weighted by Gasteiger charge is 2.24. The van der Waals surface area contributed by atoms with Crippen LogP contribution >= 0.6 is 0 Å². The fraction of sp³-hybridized carbons (Fsp3) is 0.290. The predicted molar refractivity (Wildman–Crippen MR) is 143 cm³/mol. The van der Waals surface area contributed by atoms with E-state index in [0.717, 1.165) is 28.9 Å². The van der Waals surface area contributed by atoms with Gasteiger partial charge in [-0.1, -0.05) is 87.6 Å². The van der Waals surface area contributed by atoms with Crippen molar-refractivity contribution in [2.45, 2.75) is 51.9 Å². The molecule has 0 atom stereocenters. The van der Waals surface area contributed by atoms with Crippen molar-refractivity contribution in [3.8, 4) is 16.9 Å². The Balaban J connectivity index is 1.37. The molecule has 3 aromatic rings. The van der Waals surface area contributed by atoms with E-state index in [2.05, 4.69) is 36.2 Å². The fourth-order valence-corrected chi connectivity index (χ4v) is 4.17. The van der Waals surface area contributed by atoms with Gasteiger partial charge in [0.25, 0.3) is 0 Å². The average molecular weight is 468 g/mol. The Labute approximate surface area is 208 Å². The summed E-state index contributed by atoms with van der Waals surface area (Å²) in [5.74, 6) is 0.648. The Morgan fingerprint density at radius 2 is 1.37 bits per heavy atom. The van der Waals surface area contributed by atoms with E-state index in [4.69, 9.17) is 9.47 Å². The summed E-state index contributed by atoms with van der Waals surface area (Å²) < 4.78 is 10.6. The summed E-state index contributed by atoms with van der Waals surface area (Å²) in [6, 6.07) is 24.2. The molecule has 0 bridgehead atoms. The van der Waals surface area contributed by atoms with Crippen LogP contribution in [0, 0.1) is 0 Å². The third kappa shape index (κ3) is 6.69. The van der Waals surface area contributed by atoms with Gasteiger partial charge in [-0.2, -0.15) is 0 Å². The quantitative estimate of drug-likeness (QED) is 0.166. The van der Waals surface area contributed by atoms with Gasteiger partial charge in [0.05, 0.1) is 7.11 Å². The van der Waals surface area contributed by atoms with Gasteiger partial charge < -0.3 is 9.47 Å². The Bertz CT molecular complexity index is 1170. The molecule has 35 heavy (non-hydrogen) atoms. The average Bonchev–Trinajstić information content (AvgIpc) is 3.27. The molecule has 3 aromatic carbocycles. The number of aryl methyl sites for hydroxylation is 1. The minimum Gasteiger partial charge on any atom is -0.497 e. The minimum absolute atomic E-state index is 0.287. The van der Waals surface area contributed by atoms with Crippen molar-refractivity contribution in [3.05, 3.63) is 95.2 Å². The first-order chi connectivity index (χ1) is 17.2. The van der Waals surface area contributed by atoms with Crippen LogP contribution in [0.25, 0.3) is 17.2 Å². The molecule has 0 saturated carbocycles. The number of unbranched alkanes of at least 4 members (excludes halogenated alkanes) is 5. The number of carbonyl (C=O) groups excluding carboxylic acids is 1. The first-order valence-corrected chi connectivity index (χ1v) is 12.5. The van der Waals surface area contributed by atoms with E-state index in [1.165, 1.54) is 49.7 Å². The zero-order valence-corrected chi connectivity index (χ0v) is 20.6. The molecule has 0 saturated heterocycles. The molecule has 4 nitrogen and oxygen atoms in total. The number of ether oxygens (including phenoxy) is 2. The molecule has 0 N–H and O–H groups in total. The SMILES string of the molecule is CCCCCCCCc1ccc(-c2ccc(C3=N/C(=C\c4ccc(OC)cc4)C(=O)O3)cc2)cc1. The third-order valence-corrected chi connectivity index (χ3v) is 6.28. The maximum Gasteiger partial charge on any atom is 0.363 e. The first-order valence-electron chi connectivity index (χ1n) is 12.5. The molecule has 0 radical (unpaired) electrons. The lowest BCUT2D eigenvalue weighted by molar-refractivity contribution is -0.129. The zero-order valence-electron chi connectivity index (χ0n) is 20.6. The second-order valence-corrected chi connectivity index (χ2v) is 8.90. The van der Waals surface area contributed by atoms with Gasteiger partial charge in [-0.3, -0.25) is 0 Å². The van der Waals surface area contributed by atoms with E-state index >= 15 is 0 Å². The predicted octanol–water partition coefficient (Wildman–Crippen LogP) is 7.61. The number of aliphatic imine (C=N–C) groups is 1. The fourth-order valence-electron chi connectivity index (χ4n) is 4.17. The van der Waals surface area contributed by atoms with E-state index in [1.54, 1.807) is 13.2 Å². The second-order valence-electron chi connectivity index (χ2n) is 8.90. The molecule has 4 rings (SSSR count). The summed E-state index contributed by atoms with van der Waals surface area (Å²) in [5, 5.41) is 0. The highest BCUT2D eigenvalue weighted by molar-refractivity contribution is 6.13. The third-order valence-electron chi connectivity index (χ3n) is 6.28. The number of cyclic esters (lactones) is 1. The Morgan fingerprint density at radius 3 is 2.03 bits per heavy atom. The molecular formula is C31H33NO3. The summed E-state index contributed by atoms with van der Waals surface area (Å²) >= 11 is 0. The molecule has 0 spiro atoms. The van der Waals surface area contributed by atoms with Crippen molar-refractivity contribution < 1.29 is 14.3 Å². The molecule has 0 unspecified atom stereocenters. The number of nitrogens with zero attached hydrogens (tertiary/aromatic N) is 1. The van der Waals surface area contributed by atoms with E-state index in [-0.39, 0.29) is 5.70 Å². The summed E-state index contributed by atoms with van der Waals surface area (Å²) in [7, 11) is 1.62. The van der Waals surface area contributed by atoms with Gasteiger partial charge in [-0.25, -0.2) is 9.79 Å². The smallest absolute Gasteiger partial charge is 0.363 e. The number of benzene rings is 3. The first kappa shape index (κ1) is 24.5. The molecule has 0 aliphatic carbocycles. The van der Waals surface area contributed by atoms with Crippen LogP contribution < -0.4 is 4.74 Å². The van der Waals surface area contributed by atoms with Crippen LogP contribution in [0.2, 0.25) is 0 Å². The van der Waals surface area contributed by atoms with Gasteiger partial charge in [0.15, 0.2) is 5.70 Å². The van der Waals surface area contributed by atoms with E-state index in [0.29, 0.717) is 5.90 Å². The summed E-state index contributed by atoms with van der Waals surface area (Å²) in [6.45, 7) is 2.26. The molecule has 0 aromatic heterocycles. The van der Waals surface area contributed by atoms with Gasteiger partial charge in [-0.15, -0.1) is 0 Å². The number of rotatable bonds is 11. The number of methoxy groups -OCH3 is 1. The number of hydrogen-bond acceptors (Lipinski definition) is 4. The van der Waals surface area contributed by atoms with Gasteiger partial charge in [-0.05, 0) is 65.4 Å². The summed E-state index contributed by atoms with van der Waals surface area (Å²) in [5.41, 5.74) is 5.62. The molecular weight excluding hydrogens is 434 g/mol. The molecule has 4 heteroatoms. The van der Waals surface area contributed by atoms with Crippen LogP contribution in [-0.2, 0) is 16.0 Å². The largest absolute Gasteiger partial charge is 0.497 e. The molecule has 0 fully saturated rings. The lowest BCUT2D eigenvalue weighted by atomic mass is 10.00. The van der Waals surface area contributed by atoms with Crippen molar-refractivity contribution in [1.29, 1.82) is 0 Å². The van der Waals surface area contributed by atoms with Crippen LogP contribution in [-0.4, -0.2) is 19.0 Å². The van der Waals surface area contributed by atoms with Crippen LogP contribution in [0.5, 0.6) is 5.75 Å². The molecule has 1 aliphatic heterocycles. The lowest BCUT2D eigenvalue weighted by Gasteiger charge is -2.06. The van der Waals surface area contributed by atoms with E-state index < -0.39 is 5.97 Å². The van der Waals surface area contributed by atoms with Gasteiger partial charge in [0, 0.05) is 5.56 Å². The zero-order chi connectivity index (χ0) is 24.5. The van der Waals surface area contributed by atoms with Crippen LogP contribution in [0.4, 0.5) is 0 Å². The van der Waals surface area contributed by atoms with Crippen molar-refractivity contribution in [2.24, 2.45) is 4.99 Å². The standard InChI is InChI=1S/C31H33NO3/c1-3-4-5-6-7-8-9-23-10-14-25(15-11-23)26-16-18-27(19-17-26)30-32-29(31(33)35-30)22-24-12-20-28(34-2)21-13-24/h10-22H,3-9H2,1-2H3/b29-22-. The van der Waals surface area contributed by atoms with E-state index in [1.807, 2.05) is 48.5 Å². The second kappa shape index (κ2) is 12.2. The lowest BCUT2D eigenvalue weighted by Crippen LogP contribution is -2.05. The summed E-state index contributed by atoms with van der Waals surface area (Å²) in [6.07, 6.45) is 10.8. The monoisotopic (exact) mass is 467 g/mol. The normalized spacial score (nSPS) is 14.2. The topological polar surface area (TPSA) is 47.9 Å². The van der Waals surface area contributed by atoms with Crippen molar-refractivity contribution in [2.75, 3.05) is 7.11 Å². The highest BCUT2D eigenvalue weighted by atomic mass is 16.6. The maximum atomic E-state index is 12.3. The Hall–Kier alpha value is -3.66. The molecule has 1 heterocycles. The maximum absolute atomic E-state index is 12.3. The Morgan fingerprint density at radius 1 is 0.771 bits per heavy atom. The van der Waals surface area contributed by atoms with Crippen LogP contribution in [0.15, 0.2) is 83.5 Å². The van der Waals surface area contributed by atoms with Crippen molar-refractivity contribution in [3.63, 3.8) is 0 Å². The van der Waals surface area contributed by atoms with Gasteiger partial charge >= 0.3 is 5.97 Å². The molecule has 0 amide bonds. The van der Waals surface area contributed by atoms with Gasteiger partial charge in [0.2, 0.25) is 5.90 Å². The van der Waals surface area contributed by atoms with Crippen molar-refractivity contribution in [1.82, 2.24) is 0 Å². The van der Waals surface area contributed by atoms with Crippen molar-refractivity contribution >= 4 is 17.9 Å². The van der Waals surface area contributed by atoms with E-state index in [9.17, 15) is 4.79 Å². The summed E-state index contributed by atoms with van der Waals surface area (Å²) in [4.78, 5) is 16.7. The number of hydrogen-bond donors (Lipinski definition) is 0. The molecule has 180 valence electrons. The minimum atomic E-state index is -0.444. The molecule has 1 aliphatic rings. The highest BCUT2D eigenvalue weighted by Crippen LogP contribution is 2.24. The Kier molecular flexibility index (Phi) is 8.50. The van der Waals surface area contributed by atoms with Crippen LogP contribution in [0.3, 0.4) is 0 Å². The van der Waals surface area contributed by atoms with Crippen LogP contribution in [0.1, 0.15) is 62.1 Å². The number of esters is 1. The van der Waals surface area contributed by atoms with Gasteiger partial charge in [0.1, 0.15) is 5.75 Å².